The van der Waals surface area contributed by atoms with Gasteiger partial charge in [-0.1, -0.05) is 87.0 Å². The van der Waals surface area contributed by atoms with E-state index in [4.69, 9.17) is 18.3 Å². The highest BCUT2D eigenvalue weighted by Crippen LogP contribution is 2.53. The summed E-state index contributed by atoms with van der Waals surface area (Å²) in [5.41, 5.74) is 0.118. The normalized spacial score (nSPS) is 33.3. The molecule has 2 unspecified atom stereocenters. The quantitative estimate of drug-likeness (QED) is 0.152. The molecule has 264 valence electrons. The smallest absolute Gasteiger partial charge is 0.334 e. The number of carbonyl (C=O) groups excluding carboxylic acids is 2. The van der Waals surface area contributed by atoms with Gasteiger partial charge in [-0.3, -0.25) is 4.79 Å². The van der Waals surface area contributed by atoms with Crippen molar-refractivity contribution in [3.8, 4) is 0 Å². The summed E-state index contributed by atoms with van der Waals surface area (Å²) >= 11 is 0. The highest BCUT2D eigenvalue weighted by atomic mass is 28.3. The highest BCUT2D eigenvalue weighted by molar-refractivity contribution is 6.48. The van der Waals surface area contributed by atoms with Gasteiger partial charge in [0, 0.05) is 17.8 Å². The van der Waals surface area contributed by atoms with Crippen molar-refractivity contribution in [2.24, 2.45) is 39.9 Å². The van der Waals surface area contributed by atoms with Crippen LogP contribution in [0.5, 0.6) is 0 Å². The highest BCUT2D eigenvalue weighted by Gasteiger charge is 2.55. The maximum absolute atomic E-state index is 14.0. The molecule has 1 fully saturated rings. The number of hydrogen-bond acceptors (Lipinski definition) is 6. The summed E-state index contributed by atoms with van der Waals surface area (Å²) in [5, 5.41) is 0. The lowest BCUT2D eigenvalue weighted by molar-refractivity contribution is -0.180. The fourth-order valence-electron chi connectivity index (χ4n) is 8.16. The van der Waals surface area contributed by atoms with E-state index in [2.05, 4.69) is 114 Å². The number of allylic oxidation sites excluding steroid dienone is 2. The van der Waals surface area contributed by atoms with Gasteiger partial charge in [-0.15, -0.1) is 0 Å². The Bertz CT molecular complexity index is 1120. The summed E-state index contributed by atoms with van der Waals surface area (Å²) in [6.07, 6.45) is 11.6. The van der Waals surface area contributed by atoms with E-state index in [1.54, 1.807) is 0 Å². The molecule has 0 aromatic heterocycles. The van der Waals surface area contributed by atoms with Crippen LogP contribution in [0.1, 0.15) is 114 Å². The summed E-state index contributed by atoms with van der Waals surface area (Å²) in [6, 6.07) is 0. The summed E-state index contributed by atoms with van der Waals surface area (Å²) in [5.74, 6) is 0.109. The van der Waals surface area contributed by atoms with Gasteiger partial charge >= 0.3 is 11.9 Å². The van der Waals surface area contributed by atoms with Crippen LogP contribution in [-0.4, -0.2) is 53.9 Å². The molecule has 9 atom stereocenters. The lowest BCUT2D eigenvalue weighted by Crippen LogP contribution is -2.58. The van der Waals surface area contributed by atoms with E-state index in [0.29, 0.717) is 6.42 Å². The van der Waals surface area contributed by atoms with E-state index in [1.165, 1.54) is 5.57 Å². The molecule has 3 aliphatic rings. The van der Waals surface area contributed by atoms with Crippen LogP contribution in [0, 0.1) is 39.9 Å². The molecular weight excluding hydrogens is 609 g/mol. The van der Waals surface area contributed by atoms with Gasteiger partial charge in [0.05, 0.1) is 11.0 Å². The van der Waals surface area contributed by atoms with E-state index in [9.17, 15) is 9.59 Å². The lowest BCUT2D eigenvalue weighted by atomic mass is 9.59. The monoisotopic (exact) mass is 676 g/mol. The van der Waals surface area contributed by atoms with Gasteiger partial charge in [0.1, 0.15) is 18.3 Å². The van der Waals surface area contributed by atoms with Crippen molar-refractivity contribution in [3.63, 3.8) is 0 Å². The Morgan fingerprint density at radius 1 is 1.00 bits per heavy atom. The van der Waals surface area contributed by atoms with E-state index in [0.717, 1.165) is 38.5 Å². The number of fused-ring (bicyclic) bond motifs is 1. The summed E-state index contributed by atoms with van der Waals surface area (Å²) < 4.78 is 26.4. The van der Waals surface area contributed by atoms with Crippen molar-refractivity contribution in [2.75, 3.05) is 0 Å². The molecule has 0 N–H and O–H groups in total. The number of rotatable bonds is 12. The van der Waals surface area contributed by atoms with Crippen molar-refractivity contribution in [1.82, 2.24) is 0 Å². The molecule has 0 spiro atoms. The molecule has 8 heteroatoms. The average Bonchev–Trinajstić information content (AvgIpc) is 2.93. The third-order valence-electron chi connectivity index (χ3n) is 11.2. The van der Waals surface area contributed by atoms with Crippen LogP contribution >= 0.6 is 0 Å². The zero-order valence-electron chi connectivity index (χ0n) is 31.8. The first-order valence-electron chi connectivity index (χ1n) is 18.3. The molecule has 0 aromatic carbocycles. The fourth-order valence-corrected chi connectivity index (χ4v) is 10.4. The molecular formula is C38H68O6Si2. The molecule has 6 nitrogen and oxygen atoms in total. The third-order valence-corrected chi connectivity index (χ3v) is 12.9. The molecule has 0 aromatic rings. The molecule has 1 heterocycles. The van der Waals surface area contributed by atoms with Crippen LogP contribution in [0.4, 0.5) is 0 Å². The van der Waals surface area contributed by atoms with Crippen molar-refractivity contribution in [2.45, 2.75) is 164 Å². The standard InChI is InChI=1S/C38H68O6Si2/c1-15-20-37(10,16-2)34(40)42-30-23-27(35(4,5)6)22-26-18-17-25(3)38(31(26)30,44-46(13)14)21-19-28-24-29(36(7,8)9)32(33(39)41-28)43-45(11)12/h17-18,22,25,27-32,45-46H,15-16,19-21,23-24H2,1-14H3/t25-,27+,28+,29-,30-,31+,32?,37?,38-/m0/s1. The molecule has 0 saturated carbocycles. The zero-order chi connectivity index (χ0) is 34.8. The predicted octanol–water partition coefficient (Wildman–Crippen LogP) is 8.79. The maximum atomic E-state index is 14.0. The first kappa shape index (κ1) is 39.2. The topological polar surface area (TPSA) is 71.1 Å². The maximum Gasteiger partial charge on any atom is 0.334 e. The van der Waals surface area contributed by atoms with Gasteiger partial charge in [0.2, 0.25) is 0 Å². The minimum atomic E-state index is -1.56. The van der Waals surface area contributed by atoms with Gasteiger partial charge in [0.25, 0.3) is 0 Å². The number of ether oxygens (including phenoxy) is 2. The zero-order valence-corrected chi connectivity index (χ0v) is 34.1. The Morgan fingerprint density at radius 3 is 2.17 bits per heavy atom. The van der Waals surface area contributed by atoms with Crippen molar-refractivity contribution in [3.05, 3.63) is 23.8 Å². The van der Waals surface area contributed by atoms with Crippen molar-refractivity contribution < 1.29 is 27.9 Å². The molecule has 46 heavy (non-hydrogen) atoms. The van der Waals surface area contributed by atoms with Gasteiger partial charge in [-0.25, -0.2) is 4.79 Å². The van der Waals surface area contributed by atoms with Crippen LogP contribution in [0.25, 0.3) is 0 Å². The molecule has 2 aliphatic carbocycles. The lowest BCUT2D eigenvalue weighted by Gasteiger charge is -2.54. The van der Waals surface area contributed by atoms with Crippen molar-refractivity contribution in [1.29, 1.82) is 0 Å². The van der Waals surface area contributed by atoms with Crippen molar-refractivity contribution >= 4 is 30.0 Å². The Kier molecular flexibility index (Phi) is 12.9. The molecule has 1 saturated heterocycles. The second-order valence-corrected chi connectivity index (χ2v) is 22.3. The Hall–Kier alpha value is -1.23. The summed E-state index contributed by atoms with van der Waals surface area (Å²) in [7, 11) is -2.99. The Labute approximate surface area is 285 Å². The van der Waals surface area contributed by atoms with Gasteiger partial charge in [-0.05, 0) is 94.0 Å². The average molecular weight is 677 g/mol. The molecule has 3 rings (SSSR count). The third kappa shape index (κ3) is 8.86. The second kappa shape index (κ2) is 15.1. The largest absolute Gasteiger partial charge is 0.461 e. The Morgan fingerprint density at radius 2 is 1.65 bits per heavy atom. The summed E-state index contributed by atoms with van der Waals surface area (Å²) in [4.78, 5) is 27.5. The Balaban J connectivity index is 2.04. The number of cyclic esters (lactones) is 1. The van der Waals surface area contributed by atoms with E-state index >= 15 is 0 Å². The van der Waals surface area contributed by atoms with E-state index in [1.807, 2.05) is 0 Å². The van der Waals surface area contributed by atoms with Crippen LogP contribution < -0.4 is 0 Å². The SMILES string of the molecule is CCCC(C)(CC)C(=O)O[C@H]1C[C@H](C(C)(C)C)C=C2C=C[C@H](C)[C@](CC[C@@H]3C[C@H](C(C)(C)C)C(O[SiH](C)C)C(=O)O3)(O[SiH](C)C)[C@H]21. The molecule has 0 radical (unpaired) electrons. The van der Waals surface area contributed by atoms with E-state index in [-0.39, 0.29) is 58.6 Å². The summed E-state index contributed by atoms with van der Waals surface area (Å²) in [6.45, 7) is 30.7. The van der Waals surface area contributed by atoms with Crippen LogP contribution in [0.3, 0.4) is 0 Å². The fraction of sp³-hybridized carbons (Fsp3) is 0.842. The van der Waals surface area contributed by atoms with Crippen LogP contribution in [-0.2, 0) is 27.9 Å². The van der Waals surface area contributed by atoms with Gasteiger partial charge in [-0.2, -0.15) is 0 Å². The van der Waals surface area contributed by atoms with Crippen LogP contribution in [0.2, 0.25) is 26.2 Å². The van der Waals surface area contributed by atoms with Crippen LogP contribution in [0.15, 0.2) is 23.8 Å². The predicted molar refractivity (Wildman–Crippen MR) is 194 cm³/mol. The number of hydrogen-bond donors (Lipinski definition) is 0. The first-order valence-corrected chi connectivity index (χ1v) is 23.9. The molecule has 0 bridgehead atoms. The first-order chi connectivity index (χ1) is 21.2. The number of carbonyl (C=O) groups is 2. The minimum Gasteiger partial charge on any atom is -0.461 e. The molecule has 1 aliphatic heterocycles. The second-order valence-electron chi connectivity index (χ2n) is 17.6. The number of esters is 2. The van der Waals surface area contributed by atoms with E-state index < -0.39 is 35.2 Å². The minimum absolute atomic E-state index is 0.0308. The molecule has 0 amide bonds. The van der Waals surface area contributed by atoms with Gasteiger partial charge in [0.15, 0.2) is 18.1 Å². The van der Waals surface area contributed by atoms with Gasteiger partial charge < -0.3 is 18.3 Å².